The summed E-state index contributed by atoms with van der Waals surface area (Å²) in [5.74, 6) is -0.369. The molecule has 0 aliphatic rings. The third-order valence-electron chi connectivity index (χ3n) is 3.10. The van der Waals surface area contributed by atoms with E-state index < -0.39 is 11.6 Å². The van der Waals surface area contributed by atoms with Crippen LogP contribution in [0, 0.1) is 11.6 Å². The van der Waals surface area contributed by atoms with Crippen LogP contribution in [-0.2, 0) is 6.54 Å². The van der Waals surface area contributed by atoms with Crippen LogP contribution >= 0.6 is 0 Å². The van der Waals surface area contributed by atoms with E-state index in [1.165, 1.54) is 12.1 Å². The van der Waals surface area contributed by atoms with Crippen LogP contribution < -0.4 is 5.32 Å². The number of benzene rings is 1. The fourth-order valence-corrected chi connectivity index (χ4v) is 2.32. The van der Waals surface area contributed by atoms with E-state index in [-0.39, 0.29) is 6.04 Å². The Kier molecular flexibility index (Phi) is 4.84. The molecule has 5 heteroatoms. The van der Waals surface area contributed by atoms with Gasteiger partial charge in [-0.3, -0.25) is 0 Å². The van der Waals surface area contributed by atoms with Gasteiger partial charge in [-0.1, -0.05) is 13.8 Å². The normalized spacial score (nSPS) is 12.6. The number of imidazole rings is 1. The Bertz CT molecular complexity index is 546. The van der Waals surface area contributed by atoms with Crippen LogP contribution in [0.5, 0.6) is 0 Å². The first kappa shape index (κ1) is 14.7. The maximum Gasteiger partial charge on any atom is 0.130 e. The lowest BCUT2D eigenvalue weighted by molar-refractivity contribution is 0.530. The molecule has 3 nitrogen and oxygen atoms in total. The van der Waals surface area contributed by atoms with Gasteiger partial charge in [0.15, 0.2) is 0 Å². The zero-order valence-electron chi connectivity index (χ0n) is 11.7. The van der Waals surface area contributed by atoms with Gasteiger partial charge < -0.3 is 9.88 Å². The van der Waals surface area contributed by atoms with E-state index in [1.807, 2.05) is 17.7 Å². The average molecular weight is 279 g/mol. The van der Waals surface area contributed by atoms with Gasteiger partial charge in [-0.15, -0.1) is 0 Å². The molecule has 1 atom stereocenters. The fourth-order valence-electron chi connectivity index (χ4n) is 2.32. The van der Waals surface area contributed by atoms with E-state index in [0.717, 1.165) is 24.9 Å². The Hall–Kier alpha value is -1.75. The number of hydrogen-bond acceptors (Lipinski definition) is 2. The van der Waals surface area contributed by atoms with Crippen LogP contribution in [0.3, 0.4) is 0 Å². The second-order valence-corrected chi connectivity index (χ2v) is 4.67. The van der Waals surface area contributed by atoms with Crippen molar-refractivity contribution in [2.24, 2.45) is 0 Å². The maximum absolute atomic E-state index is 13.4. The zero-order valence-corrected chi connectivity index (χ0v) is 11.7. The molecule has 0 aliphatic heterocycles. The third kappa shape index (κ3) is 3.22. The molecule has 1 N–H and O–H groups in total. The lowest BCUT2D eigenvalue weighted by atomic mass is 10.1. The average Bonchev–Trinajstić information content (AvgIpc) is 2.83. The summed E-state index contributed by atoms with van der Waals surface area (Å²) in [5, 5.41) is 3.24. The molecule has 2 aromatic rings. The summed E-state index contributed by atoms with van der Waals surface area (Å²) < 4.78 is 28.9. The summed E-state index contributed by atoms with van der Waals surface area (Å²) in [5.41, 5.74) is 0.549. The summed E-state index contributed by atoms with van der Waals surface area (Å²) in [6.45, 7) is 5.54. The molecule has 20 heavy (non-hydrogen) atoms. The molecule has 0 fully saturated rings. The Morgan fingerprint density at radius 2 is 1.90 bits per heavy atom. The largest absolute Gasteiger partial charge is 0.333 e. The molecule has 0 amide bonds. The van der Waals surface area contributed by atoms with E-state index in [2.05, 4.69) is 17.2 Å². The van der Waals surface area contributed by atoms with E-state index >= 15 is 0 Å². The van der Waals surface area contributed by atoms with Gasteiger partial charge in [0.05, 0.1) is 6.04 Å². The monoisotopic (exact) mass is 279 g/mol. The lowest BCUT2D eigenvalue weighted by Crippen LogP contribution is -2.25. The van der Waals surface area contributed by atoms with Crippen LogP contribution in [-0.4, -0.2) is 16.1 Å². The molecule has 0 saturated carbocycles. The smallest absolute Gasteiger partial charge is 0.130 e. The van der Waals surface area contributed by atoms with Crippen LogP contribution in [0.25, 0.3) is 0 Å². The molecule has 2 rings (SSSR count). The second-order valence-electron chi connectivity index (χ2n) is 4.67. The number of hydrogen-bond donors (Lipinski definition) is 1. The van der Waals surface area contributed by atoms with Gasteiger partial charge in [-0.25, -0.2) is 13.8 Å². The highest BCUT2D eigenvalue weighted by Gasteiger charge is 2.19. The Morgan fingerprint density at radius 1 is 1.20 bits per heavy atom. The molecule has 0 aliphatic carbocycles. The number of nitrogens with zero attached hydrogens (tertiary/aromatic N) is 2. The molecular formula is C15H19F2N3. The van der Waals surface area contributed by atoms with Crippen molar-refractivity contribution < 1.29 is 8.78 Å². The van der Waals surface area contributed by atoms with Crippen molar-refractivity contribution in [3.05, 3.63) is 53.6 Å². The highest BCUT2D eigenvalue weighted by atomic mass is 19.1. The standard InChI is InChI=1S/C15H19F2N3/c1-3-6-20-7-5-19-15(20)14(18-4-2)11-8-12(16)10-13(17)9-11/h5,7-10,14,18H,3-4,6H2,1-2H3. The van der Waals surface area contributed by atoms with Crippen molar-refractivity contribution in [2.45, 2.75) is 32.9 Å². The van der Waals surface area contributed by atoms with Gasteiger partial charge in [0.2, 0.25) is 0 Å². The van der Waals surface area contributed by atoms with Crippen molar-refractivity contribution >= 4 is 0 Å². The molecule has 1 heterocycles. The first-order valence-electron chi connectivity index (χ1n) is 6.86. The molecule has 1 unspecified atom stereocenters. The first-order valence-corrected chi connectivity index (χ1v) is 6.86. The third-order valence-corrected chi connectivity index (χ3v) is 3.10. The highest BCUT2D eigenvalue weighted by Crippen LogP contribution is 2.23. The second kappa shape index (κ2) is 6.61. The number of rotatable bonds is 6. The number of halogens is 2. The van der Waals surface area contributed by atoms with Gasteiger partial charge in [-0.05, 0) is 30.7 Å². The van der Waals surface area contributed by atoms with Crippen molar-refractivity contribution in [1.29, 1.82) is 0 Å². The van der Waals surface area contributed by atoms with E-state index in [9.17, 15) is 8.78 Å². The SMILES string of the molecule is CCCn1ccnc1C(NCC)c1cc(F)cc(F)c1. The molecule has 1 aromatic carbocycles. The number of aromatic nitrogens is 2. The van der Waals surface area contributed by atoms with Gasteiger partial charge >= 0.3 is 0 Å². The van der Waals surface area contributed by atoms with E-state index in [4.69, 9.17) is 0 Å². The van der Waals surface area contributed by atoms with Gasteiger partial charge in [0, 0.05) is 25.0 Å². The van der Waals surface area contributed by atoms with Crippen LogP contribution in [0.4, 0.5) is 8.78 Å². The van der Waals surface area contributed by atoms with Crippen molar-refractivity contribution in [3.63, 3.8) is 0 Å². The van der Waals surface area contributed by atoms with Crippen LogP contribution in [0.15, 0.2) is 30.6 Å². The number of nitrogens with one attached hydrogen (secondary N) is 1. The Balaban J connectivity index is 2.41. The van der Waals surface area contributed by atoms with Gasteiger partial charge in [0.25, 0.3) is 0 Å². The van der Waals surface area contributed by atoms with E-state index in [0.29, 0.717) is 12.1 Å². The molecule has 0 radical (unpaired) electrons. The predicted molar refractivity (Wildman–Crippen MR) is 74.4 cm³/mol. The minimum Gasteiger partial charge on any atom is -0.333 e. The Morgan fingerprint density at radius 3 is 2.50 bits per heavy atom. The van der Waals surface area contributed by atoms with Crippen LogP contribution in [0.2, 0.25) is 0 Å². The number of aryl methyl sites for hydroxylation is 1. The summed E-state index contributed by atoms with van der Waals surface area (Å²) in [6.07, 6.45) is 4.57. The molecule has 108 valence electrons. The van der Waals surface area contributed by atoms with Crippen LogP contribution in [0.1, 0.15) is 37.7 Å². The minimum atomic E-state index is -0.573. The van der Waals surface area contributed by atoms with Gasteiger partial charge in [0.1, 0.15) is 17.5 Å². The topological polar surface area (TPSA) is 29.9 Å². The minimum absolute atomic E-state index is 0.313. The van der Waals surface area contributed by atoms with Crippen molar-refractivity contribution in [2.75, 3.05) is 6.54 Å². The molecule has 0 saturated heterocycles. The van der Waals surface area contributed by atoms with Crippen molar-refractivity contribution in [1.82, 2.24) is 14.9 Å². The maximum atomic E-state index is 13.4. The molecular weight excluding hydrogens is 260 g/mol. The highest BCUT2D eigenvalue weighted by molar-refractivity contribution is 5.27. The predicted octanol–water partition coefficient (Wildman–Crippen LogP) is 3.27. The summed E-state index contributed by atoms with van der Waals surface area (Å²) in [7, 11) is 0. The molecule has 0 bridgehead atoms. The lowest BCUT2D eigenvalue weighted by Gasteiger charge is -2.19. The fraction of sp³-hybridized carbons (Fsp3) is 0.400. The summed E-state index contributed by atoms with van der Waals surface area (Å²) >= 11 is 0. The Labute approximate surface area is 117 Å². The van der Waals surface area contributed by atoms with Crippen molar-refractivity contribution in [3.8, 4) is 0 Å². The molecule has 1 aromatic heterocycles. The van der Waals surface area contributed by atoms with Gasteiger partial charge in [-0.2, -0.15) is 0 Å². The molecule has 0 spiro atoms. The first-order chi connectivity index (χ1) is 9.65. The summed E-state index contributed by atoms with van der Waals surface area (Å²) in [6, 6.07) is 3.26. The van der Waals surface area contributed by atoms with E-state index in [1.54, 1.807) is 6.20 Å². The quantitative estimate of drug-likeness (QED) is 0.879. The zero-order chi connectivity index (χ0) is 14.5. The summed E-state index contributed by atoms with van der Waals surface area (Å²) in [4.78, 5) is 4.35.